The maximum Gasteiger partial charge on any atom is 0.156 e. The largest absolute Gasteiger partial charge is 0.321 e. The highest BCUT2D eigenvalue weighted by molar-refractivity contribution is 7.90. The Bertz CT molecular complexity index is 533. The number of hydrogen-bond acceptors (Lipinski definition) is 5. The Hall–Kier alpha value is -1.27. The molecule has 0 saturated heterocycles. The second-order valence-corrected chi connectivity index (χ2v) is 7.74. The molecule has 2 N–H and O–H groups in total. The van der Waals surface area contributed by atoms with Gasteiger partial charge in [-0.25, -0.2) is 8.42 Å². The summed E-state index contributed by atoms with van der Waals surface area (Å²) in [5, 5.41) is 0. The highest BCUT2D eigenvalue weighted by atomic mass is 32.2. The van der Waals surface area contributed by atoms with Gasteiger partial charge in [-0.2, -0.15) is 0 Å². The average molecular weight is 284 g/mol. The molecule has 0 fully saturated rings. The van der Waals surface area contributed by atoms with Gasteiger partial charge in [0, 0.05) is 17.8 Å². The fourth-order valence-corrected chi connectivity index (χ4v) is 3.21. The van der Waals surface area contributed by atoms with Crippen molar-refractivity contribution in [1.29, 1.82) is 0 Å². The van der Waals surface area contributed by atoms with Crippen LogP contribution in [0.15, 0.2) is 24.5 Å². The van der Waals surface area contributed by atoms with E-state index < -0.39 is 21.3 Å². The number of Topliss-reactive ketones (excluding diaryl/α,β-unsaturated/α-hetero) is 1. The smallest absolute Gasteiger partial charge is 0.156 e. The van der Waals surface area contributed by atoms with E-state index in [1.807, 2.05) is 0 Å². The number of rotatable bonds is 5. The first kappa shape index (κ1) is 15.8. The van der Waals surface area contributed by atoms with E-state index >= 15 is 0 Å². The van der Waals surface area contributed by atoms with Crippen molar-refractivity contribution in [2.75, 3.05) is 5.75 Å². The molecule has 5 nitrogen and oxygen atoms in total. The Kier molecular flexibility index (Phi) is 4.81. The van der Waals surface area contributed by atoms with Gasteiger partial charge in [0.25, 0.3) is 0 Å². The molecule has 0 radical (unpaired) electrons. The summed E-state index contributed by atoms with van der Waals surface area (Å²) in [5.41, 5.74) is 5.71. The molecular weight excluding hydrogens is 264 g/mol. The number of sulfone groups is 1. The number of hydrogen-bond donors (Lipinski definition) is 1. The summed E-state index contributed by atoms with van der Waals surface area (Å²) in [6.07, 6.45) is 3.07. The Morgan fingerprint density at radius 3 is 2.32 bits per heavy atom. The van der Waals surface area contributed by atoms with Crippen LogP contribution < -0.4 is 5.73 Å². The third kappa shape index (κ3) is 5.08. The van der Waals surface area contributed by atoms with E-state index in [2.05, 4.69) is 4.98 Å². The zero-order chi connectivity index (χ0) is 14.7. The highest BCUT2D eigenvalue weighted by Gasteiger charge is 2.30. The van der Waals surface area contributed by atoms with Crippen LogP contribution in [0.3, 0.4) is 0 Å². The highest BCUT2D eigenvalue weighted by Crippen LogP contribution is 2.17. The summed E-state index contributed by atoms with van der Waals surface area (Å²) in [5.74, 6) is -0.697. The maximum absolute atomic E-state index is 12.0. The van der Waals surface area contributed by atoms with E-state index in [0.29, 0.717) is 5.56 Å². The van der Waals surface area contributed by atoms with Gasteiger partial charge in [-0.15, -0.1) is 0 Å². The molecule has 1 aromatic heterocycles. The maximum atomic E-state index is 12.0. The van der Waals surface area contributed by atoms with Crippen LogP contribution in [0.1, 0.15) is 26.3 Å². The van der Waals surface area contributed by atoms with Crippen molar-refractivity contribution in [3.63, 3.8) is 0 Å². The normalized spacial score (nSPS) is 14.1. The molecule has 0 saturated carbocycles. The number of pyridine rings is 1. The molecular formula is C13H20N2O3S. The second-order valence-electron chi connectivity index (χ2n) is 5.63. The molecule has 0 bridgehead atoms. The lowest BCUT2D eigenvalue weighted by Gasteiger charge is -2.21. The van der Waals surface area contributed by atoms with Crippen LogP contribution >= 0.6 is 0 Å². The number of ketones is 1. The predicted molar refractivity (Wildman–Crippen MR) is 74.2 cm³/mol. The topological polar surface area (TPSA) is 90.1 Å². The van der Waals surface area contributed by atoms with Gasteiger partial charge >= 0.3 is 0 Å². The van der Waals surface area contributed by atoms with Crippen molar-refractivity contribution in [1.82, 2.24) is 4.98 Å². The predicted octanol–water partition coefficient (Wildman–Crippen LogP) is 0.939. The van der Waals surface area contributed by atoms with Gasteiger partial charge in [-0.3, -0.25) is 9.78 Å². The summed E-state index contributed by atoms with van der Waals surface area (Å²) >= 11 is 0. The van der Waals surface area contributed by atoms with Gasteiger partial charge in [0.2, 0.25) is 0 Å². The van der Waals surface area contributed by atoms with E-state index in [1.54, 1.807) is 32.9 Å². The zero-order valence-electron chi connectivity index (χ0n) is 11.5. The molecule has 0 aliphatic carbocycles. The molecule has 1 heterocycles. The van der Waals surface area contributed by atoms with Crippen molar-refractivity contribution in [3.05, 3.63) is 30.1 Å². The standard InChI is InChI=1S/C13H20N2O3S/c1-13(2,3)12(16)11(14)9-19(17,18)8-10-4-6-15-7-5-10/h4-7,11H,8-9,14H2,1-3H3. The second kappa shape index (κ2) is 5.79. The van der Waals surface area contributed by atoms with Crippen molar-refractivity contribution in [3.8, 4) is 0 Å². The molecule has 0 aliphatic rings. The third-order valence-electron chi connectivity index (χ3n) is 2.65. The van der Waals surface area contributed by atoms with Crippen LogP contribution in [0.25, 0.3) is 0 Å². The number of nitrogens with two attached hydrogens (primary N) is 1. The average Bonchev–Trinajstić information content (AvgIpc) is 2.26. The number of aromatic nitrogens is 1. The molecule has 1 rings (SSSR count). The summed E-state index contributed by atoms with van der Waals surface area (Å²) in [6, 6.07) is 2.29. The number of carbonyl (C=O) groups excluding carboxylic acids is 1. The fourth-order valence-electron chi connectivity index (χ4n) is 1.70. The van der Waals surface area contributed by atoms with Crippen molar-refractivity contribution < 1.29 is 13.2 Å². The van der Waals surface area contributed by atoms with Gasteiger partial charge in [0.05, 0.1) is 17.5 Å². The van der Waals surface area contributed by atoms with Gasteiger partial charge in [-0.05, 0) is 17.7 Å². The zero-order valence-corrected chi connectivity index (χ0v) is 12.3. The summed E-state index contributed by atoms with van der Waals surface area (Å²) in [4.78, 5) is 15.7. The van der Waals surface area contributed by atoms with Crippen LogP contribution in [0, 0.1) is 5.41 Å². The monoisotopic (exact) mass is 284 g/mol. The van der Waals surface area contributed by atoms with Gasteiger partial charge in [0.15, 0.2) is 15.6 Å². The molecule has 1 atom stereocenters. The first-order chi connectivity index (χ1) is 8.62. The lowest BCUT2D eigenvalue weighted by Crippen LogP contribution is -2.43. The lowest BCUT2D eigenvalue weighted by molar-refractivity contribution is -0.127. The van der Waals surface area contributed by atoms with Gasteiger partial charge in [0.1, 0.15) is 0 Å². The SMILES string of the molecule is CC(C)(C)C(=O)C(N)CS(=O)(=O)Cc1ccncc1. The van der Waals surface area contributed by atoms with Crippen LogP contribution in [0.5, 0.6) is 0 Å². The summed E-state index contributed by atoms with van der Waals surface area (Å²) in [7, 11) is -3.41. The molecule has 0 amide bonds. The van der Waals surface area contributed by atoms with Gasteiger partial charge in [-0.1, -0.05) is 20.8 Å². The first-order valence-corrected chi connectivity index (χ1v) is 7.83. The van der Waals surface area contributed by atoms with E-state index in [9.17, 15) is 13.2 Å². The molecule has 106 valence electrons. The van der Waals surface area contributed by atoms with Crippen molar-refractivity contribution >= 4 is 15.6 Å². The molecule has 0 aromatic carbocycles. The Balaban J connectivity index is 2.73. The van der Waals surface area contributed by atoms with Crippen molar-refractivity contribution in [2.24, 2.45) is 11.1 Å². The minimum absolute atomic E-state index is 0.124. The molecule has 1 aromatic rings. The van der Waals surface area contributed by atoms with Crippen LogP contribution in [0.4, 0.5) is 0 Å². The van der Waals surface area contributed by atoms with E-state index in [1.165, 1.54) is 12.4 Å². The Morgan fingerprint density at radius 2 is 1.84 bits per heavy atom. The minimum Gasteiger partial charge on any atom is -0.321 e. The molecule has 0 aliphatic heterocycles. The third-order valence-corrected chi connectivity index (χ3v) is 4.29. The first-order valence-electron chi connectivity index (χ1n) is 6.01. The van der Waals surface area contributed by atoms with Crippen LogP contribution in [0.2, 0.25) is 0 Å². The fraction of sp³-hybridized carbons (Fsp3) is 0.538. The Labute approximate surface area is 114 Å². The molecule has 19 heavy (non-hydrogen) atoms. The quantitative estimate of drug-likeness (QED) is 0.869. The summed E-state index contributed by atoms with van der Waals surface area (Å²) in [6.45, 7) is 5.18. The lowest BCUT2D eigenvalue weighted by atomic mass is 9.87. The molecule has 1 unspecified atom stereocenters. The van der Waals surface area contributed by atoms with E-state index in [0.717, 1.165) is 0 Å². The Morgan fingerprint density at radius 1 is 1.32 bits per heavy atom. The van der Waals surface area contributed by atoms with Crippen molar-refractivity contribution in [2.45, 2.75) is 32.6 Å². The van der Waals surface area contributed by atoms with E-state index in [-0.39, 0.29) is 17.3 Å². The van der Waals surface area contributed by atoms with Gasteiger partial charge < -0.3 is 5.73 Å². The summed E-state index contributed by atoms with van der Waals surface area (Å²) < 4.78 is 24.0. The number of nitrogens with zero attached hydrogens (tertiary/aromatic N) is 1. The van der Waals surface area contributed by atoms with Crippen LogP contribution in [-0.2, 0) is 20.4 Å². The van der Waals surface area contributed by atoms with E-state index in [4.69, 9.17) is 5.73 Å². The van der Waals surface area contributed by atoms with Crippen LogP contribution in [-0.4, -0.2) is 31.0 Å². The minimum atomic E-state index is -3.41. The molecule has 6 heteroatoms. The number of carbonyl (C=O) groups is 1. The molecule has 0 spiro atoms.